The minimum Gasteiger partial charge on any atom is -0.496 e. The maximum absolute atomic E-state index is 5.52. The summed E-state index contributed by atoms with van der Waals surface area (Å²) in [7, 11) is 5.42. The summed E-state index contributed by atoms with van der Waals surface area (Å²) in [5, 5.41) is 3.21. The van der Waals surface area contributed by atoms with Crippen LogP contribution in [0.15, 0.2) is 12.1 Å². The van der Waals surface area contributed by atoms with Gasteiger partial charge in [0.15, 0.2) is 0 Å². The minimum absolute atomic E-state index is 0.318. The maximum Gasteiger partial charge on any atom is 0.125 e. The molecule has 3 heteroatoms. The van der Waals surface area contributed by atoms with Gasteiger partial charge in [-0.3, -0.25) is 0 Å². The van der Waals surface area contributed by atoms with E-state index in [2.05, 4.69) is 31.3 Å². The SMILES string of the molecule is CNCC(COC)c1cc(C)cc(C)c1OC. The lowest BCUT2D eigenvalue weighted by atomic mass is 9.94. The Morgan fingerprint density at radius 3 is 2.47 bits per heavy atom. The summed E-state index contributed by atoms with van der Waals surface area (Å²) in [5.41, 5.74) is 3.66. The smallest absolute Gasteiger partial charge is 0.125 e. The van der Waals surface area contributed by atoms with E-state index in [1.807, 2.05) is 7.05 Å². The Hall–Kier alpha value is -1.06. The van der Waals surface area contributed by atoms with Gasteiger partial charge in [0, 0.05) is 25.1 Å². The third kappa shape index (κ3) is 3.45. The van der Waals surface area contributed by atoms with E-state index in [1.165, 1.54) is 16.7 Å². The number of hydrogen-bond donors (Lipinski definition) is 1. The van der Waals surface area contributed by atoms with Crippen LogP contribution in [0.1, 0.15) is 22.6 Å². The van der Waals surface area contributed by atoms with Crippen LogP contribution in [-0.4, -0.2) is 34.4 Å². The van der Waals surface area contributed by atoms with Gasteiger partial charge in [0.05, 0.1) is 13.7 Å². The van der Waals surface area contributed by atoms with Crippen LogP contribution < -0.4 is 10.1 Å². The number of methoxy groups -OCH3 is 2. The van der Waals surface area contributed by atoms with Crippen LogP contribution >= 0.6 is 0 Å². The van der Waals surface area contributed by atoms with Crippen LogP contribution in [0, 0.1) is 13.8 Å². The van der Waals surface area contributed by atoms with Crippen molar-refractivity contribution in [3.8, 4) is 5.75 Å². The molecule has 0 fully saturated rings. The third-order valence-electron chi connectivity index (χ3n) is 2.91. The number of benzene rings is 1. The first-order valence-electron chi connectivity index (χ1n) is 5.92. The molecule has 0 spiro atoms. The Balaban J connectivity index is 3.15. The third-order valence-corrected chi connectivity index (χ3v) is 2.91. The fourth-order valence-electron chi connectivity index (χ4n) is 2.28. The fraction of sp³-hybridized carbons (Fsp3) is 0.571. The van der Waals surface area contributed by atoms with Crippen molar-refractivity contribution < 1.29 is 9.47 Å². The second-order valence-corrected chi connectivity index (χ2v) is 4.41. The fourth-order valence-corrected chi connectivity index (χ4v) is 2.28. The summed E-state index contributed by atoms with van der Waals surface area (Å²) < 4.78 is 10.8. The summed E-state index contributed by atoms with van der Waals surface area (Å²) in [4.78, 5) is 0. The molecule has 0 aliphatic carbocycles. The Morgan fingerprint density at radius 2 is 1.94 bits per heavy atom. The van der Waals surface area contributed by atoms with E-state index in [4.69, 9.17) is 9.47 Å². The average Bonchev–Trinajstić information content (AvgIpc) is 2.28. The largest absolute Gasteiger partial charge is 0.496 e. The molecule has 0 saturated heterocycles. The highest BCUT2D eigenvalue weighted by Crippen LogP contribution is 2.31. The van der Waals surface area contributed by atoms with Gasteiger partial charge in [-0.05, 0) is 26.5 Å². The van der Waals surface area contributed by atoms with Gasteiger partial charge in [-0.15, -0.1) is 0 Å². The molecule has 1 aromatic carbocycles. The molecule has 0 aliphatic rings. The van der Waals surface area contributed by atoms with Crippen LogP contribution in [0.2, 0.25) is 0 Å². The summed E-state index contributed by atoms with van der Waals surface area (Å²) in [6.45, 7) is 5.77. The highest BCUT2D eigenvalue weighted by Gasteiger charge is 2.17. The molecule has 0 aliphatic heterocycles. The van der Waals surface area contributed by atoms with Gasteiger partial charge >= 0.3 is 0 Å². The van der Waals surface area contributed by atoms with E-state index in [9.17, 15) is 0 Å². The number of ether oxygens (including phenoxy) is 2. The molecule has 1 unspecified atom stereocenters. The van der Waals surface area contributed by atoms with Gasteiger partial charge in [-0.25, -0.2) is 0 Å². The lowest BCUT2D eigenvalue weighted by Crippen LogP contribution is -2.21. The lowest BCUT2D eigenvalue weighted by Gasteiger charge is -2.21. The molecule has 1 N–H and O–H groups in total. The van der Waals surface area contributed by atoms with Gasteiger partial charge in [-0.2, -0.15) is 0 Å². The van der Waals surface area contributed by atoms with E-state index in [-0.39, 0.29) is 0 Å². The van der Waals surface area contributed by atoms with Gasteiger partial charge < -0.3 is 14.8 Å². The summed E-state index contributed by atoms with van der Waals surface area (Å²) >= 11 is 0. The molecule has 17 heavy (non-hydrogen) atoms. The van der Waals surface area contributed by atoms with Crippen molar-refractivity contribution in [2.75, 3.05) is 34.4 Å². The molecule has 96 valence electrons. The van der Waals surface area contributed by atoms with E-state index < -0.39 is 0 Å². The minimum atomic E-state index is 0.318. The van der Waals surface area contributed by atoms with Crippen LogP contribution in [-0.2, 0) is 4.74 Å². The zero-order valence-electron chi connectivity index (χ0n) is 11.5. The Labute approximate surface area is 104 Å². The highest BCUT2D eigenvalue weighted by atomic mass is 16.5. The van der Waals surface area contributed by atoms with Crippen molar-refractivity contribution in [1.82, 2.24) is 5.32 Å². The van der Waals surface area contributed by atoms with Crippen molar-refractivity contribution in [2.45, 2.75) is 19.8 Å². The van der Waals surface area contributed by atoms with Crippen molar-refractivity contribution in [3.05, 3.63) is 28.8 Å². The van der Waals surface area contributed by atoms with Gasteiger partial charge in [0.25, 0.3) is 0 Å². The topological polar surface area (TPSA) is 30.5 Å². The molecule has 1 aromatic rings. The van der Waals surface area contributed by atoms with E-state index in [0.29, 0.717) is 12.5 Å². The zero-order chi connectivity index (χ0) is 12.8. The molecule has 0 aromatic heterocycles. The molecule has 3 nitrogen and oxygen atoms in total. The molecular weight excluding hydrogens is 214 g/mol. The van der Waals surface area contributed by atoms with Crippen LogP contribution in [0.4, 0.5) is 0 Å². The Kier molecular flexibility index (Phi) is 5.45. The monoisotopic (exact) mass is 237 g/mol. The maximum atomic E-state index is 5.52. The van der Waals surface area contributed by atoms with Crippen molar-refractivity contribution in [1.29, 1.82) is 0 Å². The molecule has 0 radical (unpaired) electrons. The summed E-state index contributed by atoms with van der Waals surface area (Å²) in [6.07, 6.45) is 0. The highest BCUT2D eigenvalue weighted by molar-refractivity contribution is 5.46. The van der Waals surface area contributed by atoms with Gasteiger partial charge in [-0.1, -0.05) is 17.7 Å². The van der Waals surface area contributed by atoms with Crippen molar-refractivity contribution >= 4 is 0 Å². The molecule has 1 atom stereocenters. The number of rotatable bonds is 6. The lowest BCUT2D eigenvalue weighted by molar-refractivity contribution is 0.177. The normalized spacial score (nSPS) is 12.5. The number of aryl methyl sites for hydroxylation is 2. The standard InChI is InChI=1S/C14H23NO2/c1-10-6-11(2)14(17-5)13(7-10)12(8-15-3)9-16-4/h6-7,12,15H,8-9H2,1-5H3. The second-order valence-electron chi connectivity index (χ2n) is 4.41. The Morgan fingerprint density at radius 1 is 1.24 bits per heavy atom. The second kappa shape index (κ2) is 6.62. The zero-order valence-corrected chi connectivity index (χ0v) is 11.5. The summed E-state index contributed by atoms with van der Waals surface area (Å²) in [5.74, 6) is 1.30. The van der Waals surface area contributed by atoms with Crippen molar-refractivity contribution in [2.24, 2.45) is 0 Å². The quantitative estimate of drug-likeness (QED) is 0.823. The van der Waals surface area contributed by atoms with E-state index in [0.717, 1.165) is 12.3 Å². The number of nitrogens with one attached hydrogen (secondary N) is 1. The molecule has 0 bridgehead atoms. The van der Waals surface area contributed by atoms with E-state index in [1.54, 1.807) is 14.2 Å². The number of hydrogen-bond acceptors (Lipinski definition) is 3. The molecule has 0 saturated carbocycles. The average molecular weight is 237 g/mol. The van der Waals surface area contributed by atoms with Crippen LogP contribution in [0.25, 0.3) is 0 Å². The summed E-state index contributed by atoms with van der Waals surface area (Å²) in [6, 6.07) is 4.33. The molecule has 0 amide bonds. The predicted octanol–water partition coefficient (Wildman–Crippen LogP) is 2.26. The molecule has 0 heterocycles. The number of likely N-dealkylation sites (N-methyl/N-ethyl adjacent to an activating group) is 1. The van der Waals surface area contributed by atoms with Crippen LogP contribution in [0.5, 0.6) is 5.75 Å². The van der Waals surface area contributed by atoms with Crippen molar-refractivity contribution in [3.63, 3.8) is 0 Å². The Bertz CT molecular complexity index is 357. The van der Waals surface area contributed by atoms with Crippen LogP contribution in [0.3, 0.4) is 0 Å². The van der Waals surface area contributed by atoms with Gasteiger partial charge in [0.1, 0.15) is 5.75 Å². The van der Waals surface area contributed by atoms with Gasteiger partial charge in [0.2, 0.25) is 0 Å². The van der Waals surface area contributed by atoms with E-state index >= 15 is 0 Å². The molecular formula is C14H23NO2. The molecule has 1 rings (SSSR count). The first kappa shape index (κ1) is 14.0. The first-order valence-corrected chi connectivity index (χ1v) is 5.92. The first-order chi connectivity index (χ1) is 8.13. The predicted molar refractivity (Wildman–Crippen MR) is 71.0 cm³/mol.